The molecule has 11 heavy (non-hydrogen) atoms. The van der Waals surface area contributed by atoms with Crippen LogP contribution in [0.3, 0.4) is 0 Å². The minimum Gasteiger partial charge on any atom is -0.379 e. The van der Waals surface area contributed by atoms with Crippen LogP contribution in [0.15, 0.2) is 30.3 Å². The summed E-state index contributed by atoms with van der Waals surface area (Å²) >= 11 is 0. The van der Waals surface area contributed by atoms with E-state index < -0.39 is 14.2 Å². The summed E-state index contributed by atoms with van der Waals surface area (Å²) in [6.07, 6.45) is 0. The third kappa shape index (κ3) is 2.24. The van der Waals surface area contributed by atoms with E-state index in [1.54, 1.807) is 30.3 Å². The highest BCUT2D eigenvalue weighted by atomic mass is 31.2. The molecule has 3 N–H and O–H groups in total. The molecule has 3 nitrogen and oxygen atoms in total. The van der Waals surface area contributed by atoms with Gasteiger partial charge < -0.3 is 14.9 Å². The molecule has 0 aliphatic heterocycles. The molecule has 0 fully saturated rings. The average molecular weight is 172 g/mol. The third-order valence-corrected chi connectivity index (χ3v) is 2.05. The monoisotopic (exact) mass is 172 g/mol. The van der Waals surface area contributed by atoms with E-state index in [0.717, 1.165) is 0 Å². The predicted molar refractivity (Wildman–Crippen MR) is 42.8 cm³/mol. The van der Waals surface area contributed by atoms with E-state index in [2.05, 4.69) is 0 Å². The molecule has 4 heteroatoms. The van der Waals surface area contributed by atoms with Gasteiger partial charge in [-0.15, -0.1) is 0 Å². The second-order valence-corrected chi connectivity index (χ2v) is 3.23. The normalized spacial score (nSPS) is 13.5. The second kappa shape index (κ2) is 3.79. The molecule has 1 unspecified atom stereocenters. The summed E-state index contributed by atoms with van der Waals surface area (Å²) in [5, 5.41) is 9.13. The van der Waals surface area contributed by atoms with Crippen LogP contribution in [0.4, 0.5) is 0 Å². The first-order valence-electron chi connectivity index (χ1n) is 3.12. The van der Waals surface area contributed by atoms with Crippen molar-refractivity contribution in [3.8, 4) is 0 Å². The lowest BCUT2D eigenvalue weighted by molar-refractivity contribution is 0.233. The van der Waals surface area contributed by atoms with Gasteiger partial charge in [0, 0.05) is 0 Å². The highest BCUT2D eigenvalue weighted by Gasteiger charge is 2.14. The van der Waals surface area contributed by atoms with Gasteiger partial charge in [-0.1, -0.05) is 30.3 Å². The van der Waals surface area contributed by atoms with Gasteiger partial charge in [-0.05, 0) is 5.56 Å². The third-order valence-electron chi connectivity index (χ3n) is 1.32. The molecule has 0 aromatic heterocycles. The van der Waals surface area contributed by atoms with E-state index in [1.807, 2.05) is 0 Å². The molecule has 0 amide bonds. The predicted octanol–water partition coefficient (Wildman–Crippen LogP) is 0.974. The van der Waals surface area contributed by atoms with Gasteiger partial charge in [-0.2, -0.15) is 0 Å². The summed E-state index contributed by atoms with van der Waals surface area (Å²) < 4.78 is 0. The smallest absolute Gasteiger partial charge is 0.200 e. The molecule has 1 aromatic carbocycles. The van der Waals surface area contributed by atoms with Crippen LogP contribution in [0.25, 0.3) is 0 Å². The van der Waals surface area contributed by atoms with E-state index in [4.69, 9.17) is 14.9 Å². The SMILES string of the molecule is OC(c1ccccc1)P(O)O. The first kappa shape index (κ1) is 8.62. The van der Waals surface area contributed by atoms with Crippen LogP contribution in [0, 0.1) is 0 Å². The van der Waals surface area contributed by atoms with Gasteiger partial charge >= 0.3 is 0 Å². The van der Waals surface area contributed by atoms with Gasteiger partial charge in [-0.25, -0.2) is 0 Å². The summed E-state index contributed by atoms with van der Waals surface area (Å²) in [5.41, 5.74) is 0.531. The van der Waals surface area contributed by atoms with Crippen molar-refractivity contribution in [2.45, 2.75) is 5.85 Å². The molecule has 0 aliphatic carbocycles. The van der Waals surface area contributed by atoms with Gasteiger partial charge in [0.25, 0.3) is 0 Å². The highest BCUT2D eigenvalue weighted by Crippen LogP contribution is 2.40. The first-order chi connectivity index (χ1) is 5.22. The average Bonchev–Trinajstić information content (AvgIpc) is 2.05. The Morgan fingerprint density at radius 2 is 1.64 bits per heavy atom. The maximum absolute atomic E-state index is 9.13. The van der Waals surface area contributed by atoms with Gasteiger partial charge in [0.15, 0.2) is 0 Å². The summed E-state index contributed by atoms with van der Waals surface area (Å²) in [4.78, 5) is 17.3. The fourth-order valence-electron chi connectivity index (χ4n) is 0.759. The molecule has 0 bridgehead atoms. The lowest BCUT2D eigenvalue weighted by Crippen LogP contribution is -1.93. The van der Waals surface area contributed by atoms with E-state index in [9.17, 15) is 0 Å². The first-order valence-corrected chi connectivity index (χ1v) is 4.43. The molecular formula is C7H9O3P. The fourth-order valence-corrected chi connectivity index (χ4v) is 1.20. The van der Waals surface area contributed by atoms with Crippen LogP contribution in [-0.2, 0) is 0 Å². The van der Waals surface area contributed by atoms with Crippen molar-refractivity contribution in [1.82, 2.24) is 0 Å². The Morgan fingerprint density at radius 1 is 1.09 bits per heavy atom. The van der Waals surface area contributed by atoms with E-state index in [-0.39, 0.29) is 0 Å². The molecule has 0 saturated heterocycles. The quantitative estimate of drug-likeness (QED) is 0.582. The highest BCUT2D eigenvalue weighted by molar-refractivity contribution is 7.45. The number of aliphatic hydroxyl groups excluding tert-OH is 1. The molecule has 0 radical (unpaired) electrons. The van der Waals surface area contributed by atoms with Gasteiger partial charge in [0.1, 0.15) is 5.85 Å². The summed E-state index contributed by atoms with van der Waals surface area (Å²) in [5.74, 6) is -1.15. The number of rotatable bonds is 2. The standard InChI is InChI=1S/C7H9O3P/c8-7(11(9)10)6-4-2-1-3-5-6/h1-5,7-10H. The number of aliphatic hydroxyl groups is 1. The zero-order chi connectivity index (χ0) is 8.27. The van der Waals surface area contributed by atoms with Crippen molar-refractivity contribution in [3.63, 3.8) is 0 Å². The molecule has 0 heterocycles. The molecule has 1 atom stereocenters. The van der Waals surface area contributed by atoms with Gasteiger partial charge in [-0.3, -0.25) is 0 Å². The lowest BCUT2D eigenvalue weighted by atomic mass is 10.2. The van der Waals surface area contributed by atoms with Crippen LogP contribution in [0.1, 0.15) is 11.4 Å². The molecule has 60 valence electrons. The molecule has 0 saturated carbocycles. The second-order valence-electron chi connectivity index (χ2n) is 2.10. The maximum Gasteiger partial charge on any atom is 0.200 e. The van der Waals surface area contributed by atoms with Crippen LogP contribution in [-0.4, -0.2) is 14.9 Å². The van der Waals surface area contributed by atoms with E-state index in [1.165, 1.54) is 0 Å². The minimum absolute atomic E-state index is 0.531. The Labute approximate surface area is 65.9 Å². The van der Waals surface area contributed by atoms with Crippen LogP contribution in [0.5, 0.6) is 0 Å². The number of benzene rings is 1. The summed E-state index contributed by atoms with van der Waals surface area (Å²) in [6.45, 7) is 0. The fraction of sp³-hybridized carbons (Fsp3) is 0.143. The van der Waals surface area contributed by atoms with Crippen molar-refractivity contribution >= 4 is 8.38 Å². The Balaban J connectivity index is 2.77. The van der Waals surface area contributed by atoms with Crippen molar-refractivity contribution < 1.29 is 14.9 Å². The minimum atomic E-state index is -2.28. The topological polar surface area (TPSA) is 60.7 Å². The van der Waals surface area contributed by atoms with E-state index in [0.29, 0.717) is 5.56 Å². The molecule has 1 rings (SSSR count). The van der Waals surface area contributed by atoms with Crippen molar-refractivity contribution in [2.24, 2.45) is 0 Å². The maximum atomic E-state index is 9.13. The Bertz CT molecular complexity index is 212. The lowest BCUT2D eigenvalue weighted by Gasteiger charge is -2.10. The van der Waals surface area contributed by atoms with Crippen molar-refractivity contribution in [1.29, 1.82) is 0 Å². The van der Waals surface area contributed by atoms with Gasteiger partial charge in [0.2, 0.25) is 8.38 Å². The van der Waals surface area contributed by atoms with Crippen molar-refractivity contribution in [2.75, 3.05) is 0 Å². The zero-order valence-corrected chi connectivity index (χ0v) is 6.65. The zero-order valence-electron chi connectivity index (χ0n) is 5.75. The van der Waals surface area contributed by atoms with Crippen LogP contribution >= 0.6 is 8.38 Å². The largest absolute Gasteiger partial charge is 0.379 e. The van der Waals surface area contributed by atoms with E-state index >= 15 is 0 Å². The molecule has 1 aromatic rings. The van der Waals surface area contributed by atoms with Crippen LogP contribution in [0.2, 0.25) is 0 Å². The molecule has 0 spiro atoms. The van der Waals surface area contributed by atoms with Crippen LogP contribution < -0.4 is 0 Å². The summed E-state index contributed by atoms with van der Waals surface area (Å²) in [7, 11) is -2.28. The Kier molecular flexibility index (Phi) is 2.97. The molecular weight excluding hydrogens is 163 g/mol. The number of hydrogen-bond acceptors (Lipinski definition) is 3. The Hall–Kier alpha value is -0.470. The van der Waals surface area contributed by atoms with Crippen molar-refractivity contribution in [3.05, 3.63) is 35.9 Å². The molecule has 0 aliphatic rings. The Morgan fingerprint density at radius 3 is 2.09 bits per heavy atom. The van der Waals surface area contributed by atoms with Gasteiger partial charge in [0.05, 0.1) is 0 Å². The summed E-state index contributed by atoms with van der Waals surface area (Å²) in [6, 6.07) is 8.56. The number of hydrogen-bond donors (Lipinski definition) is 3.